The summed E-state index contributed by atoms with van der Waals surface area (Å²) >= 11 is 0. The zero-order chi connectivity index (χ0) is 17.9. The molecule has 2 amide bonds. The lowest BCUT2D eigenvalue weighted by Crippen LogP contribution is -2.41. The number of methoxy groups -OCH3 is 1. The van der Waals surface area contributed by atoms with E-state index in [-0.39, 0.29) is 25.1 Å². The highest BCUT2D eigenvalue weighted by Gasteiger charge is 2.10. The molecule has 1 aromatic rings. The minimum absolute atomic E-state index is 0.0117. The number of carbonyl (C=O) groups excluding carboxylic acids is 3. The molecule has 0 spiro atoms. The van der Waals surface area contributed by atoms with Gasteiger partial charge >= 0.3 is 5.97 Å². The molecule has 0 saturated carbocycles. The first-order valence-electron chi connectivity index (χ1n) is 7.39. The van der Waals surface area contributed by atoms with Gasteiger partial charge in [0.15, 0.2) is 13.2 Å². The third-order valence-electron chi connectivity index (χ3n) is 2.68. The van der Waals surface area contributed by atoms with Crippen molar-refractivity contribution in [3.8, 4) is 11.5 Å². The van der Waals surface area contributed by atoms with Gasteiger partial charge in [-0.2, -0.15) is 0 Å². The number of carbonyl (C=O) groups is 3. The molecule has 8 heteroatoms. The molecule has 132 valence electrons. The largest absolute Gasteiger partial charge is 0.497 e. The number of rotatable bonds is 9. The van der Waals surface area contributed by atoms with Gasteiger partial charge in [-0.05, 0) is 38.1 Å². The topological polar surface area (TPSA) is 103 Å². The molecule has 1 aromatic carbocycles. The van der Waals surface area contributed by atoms with E-state index in [1.165, 1.54) is 0 Å². The van der Waals surface area contributed by atoms with E-state index in [1.54, 1.807) is 31.4 Å². The summed E-state index contributed by atoms with van der Waals surface area (Å²) in [6.07, 6.45) is 0. The quantitative estimate of drug-likeness (QED) is 0.626. The second-order valence-corrected chi connectivity index (χ2v) is 5.12. The molecule has 0 unspecified atom stereocenters. The molecular weight excluding hydrogens is 316 g/mol. The van der Waals surface area contributed by atoms with E-state index in [1.807, 2.05) is 13.8 Å². The van der Waals surface area contributed by atoms with Crippen molar-refractivity contribution in [3.63, 3.8) is 0 Å². The maximum atomic E-state index is 11.5. The molecule has 0 aromatic heterocycles. The van der Waals surface area contributed by atoms with Crippen molar-refractivity contribution < 1.29 is 28.6 Å². The lowest BCUT2D eigenvalue weighted by molar-refractivity contribution is -0.150. The van der Waals surface area contributed by atoms with Crippen LogP contribution in [-0.4, -0.2) is 50.7 Å². The molecule has 0 atom stereocenters. The van der Waals surface area contributed by atoms with Gasteiger partial charge in [0.2, 0.25) is 5.91 Å². The van der Waals surface area contributed by atoms with Crippen molar-refractivity contribution in [1.82, 2.24) is 10.6 Å². The molecule has 0 radical (unpaired) electrons. The molecule has 0 aliphatic carbocycles. The van der Waals surface area contributed by atoms with Crippen LogP contribution in [0.5, 0.6) is 11.5 Å². The molecular formula is C16H22N2O6. The zero-order valence-electron chi connectivity index (χ0n) is 14.0. The Hall–Kier alpha value is -2.77. The van der Waals surface area contributed by atoms with Gasteiger partial charge < -0.3 is 24.8 Å². The van der Waals surface area contributed by atoms with E-state index in [0.29, 0.717) is 11.5 Å². The standard InChI is InChI=1S/C16H22N2O6/c1-11(2)18-14(19)8-17-15(20)9-24-16(21)10-23-13-6-4-12(22-3)5-7-13/h4-7,11H,8-10H2,1-3H3,(H,17,20)(H,18,19). The van der Waals surface area contributed by atoms with Crippen LogP contribution in [0.4, 0.5) is 0 Å². The minimum atomic E-state index is -0.687. The number of ether oxygens (including phenoxy) is 3. The van der Waals surface area contributed by atoms with Gasteiger partial charge in [0, 0.05) is 6.04 Å². The van der Waals surface area contributed by atoms with Crippen LogP contribution in [0.15, 0.2) is 24.3 Å². The molecule has 24 heavy (non-hydrogen) atoms. The average molecular weight is 338 g/mol. The van der Waals surface area contributed by atoms with Crippen molar-refractivity contribution in [1.29, 1.82) is 0 Å². The Balaban J connectivity index is 2.20. The number of benzene rings is 1. The zero-order valence-corrected chi connectivity index (χ0v) is 14.0. The Morgan fingerprint density at radius 1 is 1.00 bits per heavy atom. The normalized spacial score (nSPS) is 10.0. The Morgan fingerprint density at radius 3 is 2.21 bits per heavy atom. The van der Waals surface area contributed by atoms with Crippen LogP contribution in [0.1, 0.15) is 13.8 Å². The van der Waals surface area contributed by atoms with Gasteiger partial charge in [-0.1, -0.05) is 0 Å². The second-order valence-electron chi connectivity index (χ2n) is 5.12. The molecule has 8 nitrogen and oxygen atoms in total. The lowest BCUT2D eigenvalue weighted by atomic mass is 10.3. The Kier molecular flexibility index (Phi) is 8.10. The number of hydrogen-bond acceptors (Lipinski definition) is 6. The molecule has 0 saturated heterocycles. The van der Waals surface area contributed by atoms with Crippen LogP contribution in [0, 0.1) is 0 Å². The summed E-state index contributed by atoms with van der Waals surface area (Å²) in [5.41, 5.74) is 0. The van der Waals surface area contributed by atoms with Gasteiger partial charge in [-0.25, -0.2) is 4.79 Å². The first-order valence-corrected chi connectivity index (χ1v) is 7.39. The monoisotopic (exact) mass is 338 g/mol. The number of hydrogen-bond donors (Lipinski definition) is 2. The highest BCUT2D eigenvalue weighted by molar-refractivity contribution is 5.86. The van der Waals surface area contributed by atoms with Crippen LogP contribution >= 0.6 is 0 Å². The SMILES string of the molecule is COc1ccc(OCC(=O)OCC(=O)NCC(=O)NC(C)C)cc1. The maximum Gasteiger partial charge on any atom is 0.344 e. The molecule has 0 fully saturated rings. The summed E-state index contributed by atoms with van der Waals surface area (Å²) in [5, 5.41) is 4.97. The van der Waals surface area contributed by atoms with E-state index in [4.69, 9.17) is 14.2 Å². The molecule has 0 aliphatic heterocycles. The smallest absolute Gasteiger partial charge is 0.344 e. The highest BCUT2D eigenvalue weighted by atomic mass is 16.6. The van der Waals surface area contributed by atoms with Gasteiger partial charge in [-0.3, -0.25) is 9.59 Å². The summed E-state index contributed by atoms with van der Waals surface area (Å²) in [6.45, 7) is 2.65. The third kappa shape index (κ3) is 8.02. The maximum absolute atomic E-state index is 11.5. The van der Waals surface area contributed by atoms with Gasteiger partial charge in [-0.15, -0.1) is 0 Å². The molecule has 2 N–H and O–H groups in total. The Labute approximate surface area is 140 Å². The number of nitrogens with one attached hydrogen (secondary N) is 2. The first-order chi connectivity index (χ1) is 11.4. The van der Waals surface area contributed by atoms with Crippen LogP contribution in [-0.2, 0) is 19.1 Å². The van der Waals surface area contributed by atoms with Crippen LogP contribution in [0.2, 0.25) is 0 Å². The predicted molar refractivity (Wildman–Crippen MR) is 85.7 cm³/mol. The van der Waals surface area contributed by atoms with E-state index < -0.39 is 18.5 Å². The minimum Gasteiger partial charge on any atom is -0.497 e. The van der Waals surface area contributed by atoms with Gasteiger partial charge in [0.05, 0.1) is 13.7 Å². The van der Waals surface area contributed by atoms with E-state index >= 15 is 0 Å². The molecule has 0 bridgehead atoms. The summed E-state index contributed by atoms with van der Waals surface area (Å²) in [6, 6.07) is 6.66. The third-order valence-corrected chi connectivity index (χ3v) is 2.68. The lowest BCUT2D eigenvalue weighted by Gasteiger charge is -2.10. The van der Waals surface area contributed by atoms with E-state index in [9.17, 15) is 14.4 Å². The Bertz CT molecular complexity index is 556. The summed E-state index contributed by atoms with van der Waals surface area (Å²) < 4.78 is 15.0. The van der Waals surface area contributed by atoms with E-state index in [0.717, 1.165) is 0 Å². The molecule has 1 rings (SSSR count). The average Bonchev–Trinajstić information content (AvgIpc) is 2.56. The van der Waals surface area contributed by atoms with Crippen LogP contribution in [0.25, 0.3) is 0 Å². The first kappa shape index (κ1) is 19.3. The molecule has 0 heterocycles. The summed E-state index contributed by atoms with van der Waals surface area (Å²) in [4.78, 5) is 34.3. The predicted octanol–water partition coefficient (Wildman–Crippen LogP) is 0.258. The number of amides is 2. The second kappa shape index (κ2) is 10.1. The fourth-order valence-corrected chi connectivity index (χ4v) is 1.60. The van der Waals surface area contributed by atoms with Crippen LogP contribution in [0.3, 0.4) is 0 Å². The van der Waals surface area contributed by atoms with E-state index in [2.05, 4.69) is 10.6 Å². The van der Waals surface area contributed by atoms with Crippen molar-refractivity contribution in [3.05, 3.63) is 24.3 Å². The van der Waals surface area contributed by atoms with Gasteiger partial charge in [0.1, 0.15) is 11.5 Å². The van der Waals surface area contributed by atoms with Gasteiger partial charge in [0.25, 0.3) is 5.91 Å². The van der Waals surface area contributed by atoms with Crippen molar-refractivity contribution in [2.75, 3.05) is 26.9 Å². The molecule has 0 aliphatic rings. The fourth-order valence-electron chi connectivity index (χ4n) is 1.60. The number of esters is 1. The van der Waals surface area contributed by atoms with Crippen LogP contribution < -0.4 is 20.1 Å². The van der Waals surface area contributed by atoms with Crippen molar-refractivity contribution in [2.24, 2.45) is 0 Å². The van der Waals surface area contributed by atoms with Crippen molar-refractivity contribution >= 4 is 17.8 Å². The fraction of sp³-hybridized carbons (Fsp3) is 0.438. The van der Waals surface area contributed by atoms with Crippen molar-refractivity contribution in [2.45, 2.75) is 19.9 Å². The highest BCUT2D eigenvalue weighted by Crippen LogP contribution is 2.16. The summed E-state index contributed by atoms with van der Waals surface area (Å²) in [5.74, 6) is -0.419. The summed E-state index contributed by atoms with van der Waals surface area (Å²) in [7, 11) is 1.55. The Morgan fingerprint density at radius 2 is 1.62 bits per heavy atom.